The first-order valence-electron chi connectivity index (χ1n) is 5.44. The van der Waals surface area contributed by atoms with Gasteiger partial charge in [0.05, 0.1) is 14.2 Å². The Morgan fingerprint density at radius 1 is 1.18 bits per heavy atom. The maximum absolute atomic E-state index is 5.34. The molecule has 0 aliphatic rings. The summed E-state index contributed by atoms with van der Waals surface area (Å²) >= 11 is 0. The first-order valence-corrected chi connectivity index (χ1v) is 5.44. The molecule has 0 saturated heterocycles. The van der Waals surface area contributed by atoms with Crippen LogP contribution in [0.15, 0.2) is 24.4 Å². The standard InChI is InChI=1S/C13H16N2O2/c1-14-7-9-6-10-11(16-2)4-5-12(17-3)13(10)15-8-9/h4-6,8,14H,7H2,1-3H3. The van der Waals surface area contributed by atoms with E-state index in [1.807, 2.05) is 25.4 Å². The van der Waals surface area contributed by atoms with E-state index in [9.17, 15) is 0 Å². The van der Waals surface area contributed by atoms with E-state index >= 15 is 0 Å². The van der Waals surface area contributed by atoms with Crippen molar-refractivity contribution < 1.29 is 9.47 Å². The van der Waals surface area contributed by atoms with E-state index in [0.717, 1.165) is 34.5 Å². The zero-order valence-corrected chi connectivity index (χ0v) is 10.3. The van der Waals surface area contributed by atoms with Gasteiger partial charge in [0.25, 0.3) is 0 Å². The Bertz CT molecular complexity index is 526. The van der Waals surface area contributed by atoms with Crippen LogP contribution in [-0.4, -0.2) is 26.3 Å². The van der Waals surface area contributed by atoms with Gasteiger partial charge in [0.2, 0.25) is 0 Å². The number of pyridine rings is 1. The average Bonchev–Trinajstić information content (AvgIpc) is 2.37. The molecular formula is C13H16N2O2. The SMILES string of the molecule is CNCc1cnc2c(OC)ccc(OC)c2c1. The third-order valence-corrected chi connectivity index (χ3v) is 2.65. The van der Waals surface area contributed by atoms with Gasteiger partial charge < -0.3 is 14.8 Å². The quantitative estimate of drug-likeness (QED) is 0.875. The Morgan fingerprint density at radius 3 is 2.53 bits per heavy atom. The van der Waals surface area contributed by atoms with Crippen LogP contribution < -0.4 is 14.8 Å². The highest BCUT2D eigenvalue weighted by molar-refractivity contribution is 5.90. The molecule has 0 atom stereocenters. The summed E-state index contributed by atoms with van der Waals surface area (Å²) in [5.41, 5.74) is 1.94. The van der Waals surface area contributed by atoms with Crippen LogP contribution in [-0.2, 0) is 6.54 Å². The van der Waals surface area contributed by atoms with Gasteiger partial charge in [-0.25, -0.2) is 0 Å². The van der Waals surface area contributed by atoms with E-state index in [1.54, 1.807) is 14.2 Å². The molecule has 17 heavy (non-hydrogen) atoms. The zero-order valence-electron chi connectivity index (χ0n) is 10.3. The molecule has 4 heteroatoms. The van der Waals surface area contributed by atoms with E-state index in [2.05, 4.69) is 16.4 Å². The van der Waals surface area contributed by atoms with E-state index in [-0.39, 0.29) is 0 Å². The molecule has 1 aromatic carbocycles. The number of methoxy groups -OCH3 is 2. The molecule has 0 radical (unpaired) electrons. The van der Waals surface area contributed by atoms with Crippen LogP contribution in [0, 0.1) is 0 Å². The van der Waals surface area contributed by atoms with E-state index < -0.39 is 0 Å². The van der Waals surface area contributed by atoms with Gasteiger partial charge in [-0.3, -0.25) is 4.98 Å². The summed E-state index contributed by atoms with van der Waals surface area (Å²) in [5.74, 6) is 1.57. The number of nitrogens with one attached hydrogen (secondary N) is 1. The molecule has 2 rings (SSSR count). The van der Waals surface area contributed by atoms with E-state index in [1.165, 1.54) is 0 Å². The second-order valence-electron chi connectivity index (χ2n) is 3.74. The van der Waals surface area contributed by atoms with Crippen LogP contribution in [0.25, 0.3) is 10.9 Å². The number of hydrogen-bond acceptors (Lipinski definition) is 4. The highest BCUT2D eigenvalue weighted by atomic mass is 16.5. The summed E-state index contributed by atoms with van der Waals surface area (Å²) in [4.78, 5) is 4.43. The fourth-order valence-corrected chi connectivity index (χ4v) is 1.86. The van der Waals surface area contributed by atoms with Crippen LogP contribution in [0.5, 0.6) is 11.5 Å². The Labute approximate surface area is 101 Å². The molecule has 0 amide bonds. The number of rotatable bonds is 4. The van der Waals surface area contributed by atoms with Gasteiger partial charge in [0, 0.05) is 18.1 Å². The van der Waals surface area contributed by atoms with Crippen molar-refractivity contribution in [2.75, 3.05) is 21.3 Å². The van der Waals surface area contributed by atoms with E-state index in [4.69, 9.17) is 9.47 Å². The van der Waals surface area contributed by atoms with Crippen molar-refractivity contribution in [3.63, 3.8) is 0 Å². The largest absolute Gasteiger partial charge is 0.496 e. The maximum atomic E-state index is 5.34. The molecule has 1 heterocycles. The van der Waals surface area contributed by atoms with Crippen LogP contribution in [0.4, 0.5) is 0 Å². The minimum atomic E-state index is 0.761. The first-order chi connectivity index (χ1) is 8.30. The van der Waals surface area contributed by atoms with Gasteiger partial charge in [-0.05, 0) is 30.8 Å². The van der Waals surface area contributed by atoms with Crippen molar-refractivity contribution in [2.24, 2.45) is 0 Å². The lowest BCUT2D eigenvalue weighted by Gasteiger charge is -2.10. The van der Waals surface area contributed by atoms with Crippen molar-refractivity contribution in [2.45, 2.75) is 6.54 Å². The first kappa shape index (κ1) is 11.7. The summed E-state index contributed by atoms with van der Waals surface area (Å²) < 4.78 is 10.6. The number of nitrogens with zero attached hydrogens (tertiary/aromatic N) is 1. The minimum Gasteiger partial charge on any atom is -0.496 e. The van der Waals surface area contributed by atoms with Crippen LogP contribution in [0.3, 0.4) is 0 Å². The molecule has 0 aliphatic carbocycles. The van der Waals surface area contributed by atoms with Gasteiger partial charge in [-0.15, -0.1) is 0 Å². The molecule has 0 spiro atoms. The molecule has 0 bridgehead atoms. The molecule has 1 N–H and O–H groups in total. The van der Waals surface area contributed by atoms with Gasteiger partial charge in [0.15, 0.2) is 0 Å². The second-order valence-corrected chi connectivity index (χ2v) is 3.74. The Balaban J connectivity index is 2.64. The van der Waals surface area contributed by atoms with E-state index in [0.29, 0.717) is 0 Å². The molecule has 0 fully saturated rings. The van der Waals surface area contributed by atoms with Crippen molar-refractivity contribution in [1.82, 2.24) is 10.3 Å². The highest BCUT2D eigenvalue weighted by Gasteiger charge is 2.08. The molecular weight excluding hydrogens is 216 g/mol. The number of hydrogen-bond donors (Lipinski definition) is 1. The van der Waals surface area contributed by atoms with Crippen molar-refractivity contribution >= 4 is 10.9 Å². The minimum absolute atomic E-state index is 0.761. The summed E-state index contributed by atoms with van der Waals surface area (Å²) in [6.45, 7) is 0.781. The van der Waals surface area contributed by atoms with Gasteiger partial charge in [-0.2, -0.15) is 0 Å². The number of ether oxygens (including phenoxy) is 2. The molecule has 0 aliphatic heterocycles. The Hall–Kier alpha value is -1.81. The summed E-state index contributed by atoms with van der Waals surface area (Å²) in [6.07, 6.45) is 1.85. The van der Waals surface area contributed by atoms with Crippen LogP contribution in [0.2, 0.25) is 0 Å². The van der Waals surface area contributed by atoms with Crippen molar-refractivity contribution in [1.29, 1.82) is 0 Å². The fraction of sp³-hybridized carbons (Fsp3) is 0.308. The smallest absolute Gasteiger partial charge is 0.145 e. The third kappa shape index (κ3) is 2.17. The summed E-state index contributed by atoms with van der Waals surface area (Å²) in [5, 5.41) is 4.07. The number of fused-ring (bicyclic) bond motifs is 1. The molecule has 1 aromatic heterocycles. The predicted molar refractivity (Wildman–Crippen MR) is 67.6 cm³/mol. The fourth-order valence-electron chi connectivity index (χ4n) is 1.86. The maximum Gasteiger partial charge on any atom is 0.145 e. The van der Waals surface area contributed by atoms with Crippen LogP contribution >= 0.6 is 0 Å². The Kier molecular flexibility index (Phi) is 3.44. The summed E-state index contributed by atoms with van der Waals surface area (Å²) in [7, 11) is 5.21. The van der Waals surface area contributed by atoms with Gasteiger partial charge >= 0.3 is 0 Å². The predicted octanol–water partition coefficient (Wildman–Crippen LogP) is 1.97. The summed E-state index contributed by atoms with van der Waals surface area (Å²) in [6, 6.07) is 5.83. The molecule has 0 saturated carbocycles. The van der Waals surface area contributed by atoms with Crippen molar-refractivity contribution in [3.8, 4) is 11.5 Å². The average molecular weight is 232 g/mol. The zero-order chi connectivity index (χ0) is 12.3. The monoisotopic (exact) mass is 232 g/mol. The lowest BCUT2D eigenvalue weighted by molar-refractivity contribution is 0.409. The van der Waals surface area contributed by atoms with Crippen molar-refractivity contribution in [3.05, 3.63) is 30.0 Å². The molecule has 0 unspecified atom stereocenters. The molecule has 90 valence electrons. The lowest BCUT2D eigenvalue weighted by atomic mass is 10.1. The highest BCUT2D eigenvalue weighted by Crippen LogP contribution is 2.31. The normalized spacial score (nSPS) is 10.5. The molecule has 2 aromatic rings. The van der Waals surface area contributed by atoms with Gasteiger partial charge in [-0.1, -0.05) is 0 Å². The van der Waals surface area contributed by atoms with Crippen LogP contribution in [0.1, 0.15) is 5.56 Å². The number of benzene rings is 1. The Morgan fingerprint density at radius 2 is 1.88 bits per heavy atom. The molecule has 4 nitrogen and oxygen atoms in total. The topological polar surface area (TPSA) is 43.4 Å². The second kappa shape index (κ2) is 5.01. The number of aromatic nitrogens is 1. The van der Waals surface area contributed by atoms with Gasteiger partial charge in [0.1, 0.15) is 17.0 Å². The third-order valence-electron chi connectivity index (χ3n) is 2.65. The lowest BCUT2D eigenvalue weighted by Crippen LogP contribution is -2.05.